The molecule has 0 saturated carbocycles. The van der Waals surface area contributed by atoms with Crippen molar-refractivity contribution in [1.82, 2.24) is 9.97 Å². The first-order valence-electron chi connectivity index (χ1n) is 7.08. The van der Waals surface area contributed by atoms with E-state index in [0.717, 1.165) is 12.6 Å². The van der Waals surface area contributed by atoms with E-state index in [2.05, 4.69) is 9.97 Å². The number of ether oxygens (including phenoxy) is 3. The second-order valence-electron chi connectivity index (χ2n) is 5.04. The lowest BCUT2D eigenvalue weighted by molar-refractivity contribution is -0.222. The van der Waals surface area contributed by atoms with Crippen LogP contribution in [-0.2, 0) is 15.9 Å². The molecule has 6 nitrogen and oxygen atoms in total. The van der Waals surface area contributed by atoms with Crippen LogP contribution in [0.25, 0.3) is 11.0 Å². The zero-order chi connectivity index (χ0) is 15.5. The fourth-order valence-electron chi connectivity index (χ4n) is 2.42. The second kappa shape index (κ2) is 6.51. The maximum absolute atomic E-state index is 14.1. The second-order valence-corrected chi connectivity index (χ2v) is 5.04. The molecule has 118 valence electrons. The van der Waals surface area contributed by atoms with Gasteiger partial charge in [-0.15, -0.1) is 0 Å². The van der Waals surface area contributed by atoms with Crippen molar-refractivity contribution in [3.63, 3.8) is 0 Å². The van der Waals surface area contributed by atoms with Crippen molar-refractivity contribution in [2.24, 2.45) is 0 Å². The lowest BCUT2D eigenvalue weighted by Crippen LogP contribution is -2.37. The largest absolute Gasteiger partial charge is 0.481 e. The summed E-state index contributed by atoms with van der Waals surface area (Å²) in [6.07, 6.45) is 0.209. The number of rotatable bonds is 4. The van der Waals surface area contributed by atoms with Crippen molar-refractivity contribution in [3.8, 4) is 5.88 Å². The number of aliphatic hydroxyl groups is 1. The first kappa shape index (κ1) is 15.1. The number of methoxy groups -OCH3 is 1. The predicted molar refractivity (Wildman–Crippen MR) is 76.1 cm³/mol. The summed E-state index contributed by atoms with van der Waals surface area (Å²) in [7, 11) is 1.49. The third kappa shape index (κ3) is 3.01. The van der Waals surface area contributed by atoms with Gasteiger partial charge in [0.05, 0.1) is 37.6 Å². The summed E-state index contributed by atoms with van der Waals surface area (Å²) in [6, 6.07) is 3.35. The minimum atomic E-state index is -0.978. The SMILES string of the molecule is COc1ccc2ncc(F)c(CC(O)C3OCCCO3)c2n1. The van der Waals surface area contributed by atoms with Gasteiger partial charge in [0.25, 0.3) is 0 Å². The Balaban J connectivity index is 1.92. The van der Waals surface area contributed by atoms with Gasteiger partial charge in [-0.2, -0.15) is 0 Å². The predicted octanol–water partition coefficient (Wildman–Crippen LogP) is 1.44. The summed E-state index contributed by atoms with van der Waals surface area (Å²) in [6.45, 7) is 1.04. The van der Waals surface area contributed by atoms with Gasteiger partial charge in [0.1, 0.15) is 11.9 Å². The average Bonchev–Trinajstić information content (AvgIpc) is 2.57. The van der Waals surface area contributed by atoms with Gasteiger partial charge in [0.2, 0.25) is 5.88 Å². The van der Waals surface area contributed by atoms with Gasteiger partial charge in [-0.3, -0.25) is 4.98 Å². The van der Waals surface area contributed by atoms with Crippen molar-refractivity contribution >= 4 is 11.0 Å². The highest BCUT2D eigenvalue weighted by Gasteiger charge is 2.26. The van der Waals surface area contributed by atoms with Gasteiger partial charge in [-0.1, -0.05) is 0 Å². The number of nitrogens with zero attached hydrogens (tertiary/aromatic N) is 2. The Morgan fingerprint density at radius 3 is 2.91 bits per heavy atom. The van der Waals surface area contributed by atoms with E-state index in [4.69, 9.17) is 14.2 Å². The van der Waals surface area contributed by atoms with E-state index >= 15 is 0 Å². The maximum atomic E-state index is 14.1. The summed E-state index contributed by atoms with van der Waals surface area (Å²) >= 11 is 0. The van der Waals surface area contributed by atoms with Crippen LogP contribution in [0.1, 0.15) is 12.0 Å². The molecular weight excluding hydrogens is 291 g/mol. The van der Waals surface area contributed by atoms with Crippen molar-refractivity contribution < 1.29 is 23.7 Å². The molecule has 0 bridgehead atoms. The molecule has 2 aromatic rings. The first-order valence-corrected chi connectivity index (χ1v) is 7.08. The quantitative estimate of drug-likeness (QED) is 0.921. The van der Waals surface area contributed by atoms with Crippen LogP contribution in [0.15, 0.2) is 18.3 Å². The molecule has 0 spiro atoms. The zero-order valence-electron chi connectivity index (χ0n) is 12.2. The lowest BCUT2D eigenvalue weighted by Gasteiger charge is -2.27. The van der Waals surface area contributed by atoms with Gasteiger partial charge in [0.15, 0.2) is 6.29 Å². The summed E-state index contributed by atoms with van der Waals surface area (Å²) in [5.41, 5.74) is 1.18. The summed E-state index contributed by atoms with van der Waals surface area (Å²) < 4.78 is 29.9. The van der Waals surface area contributed by atoms with Crippen LogP contribution < -0.4 is 4.74 Å². The van der Waals surface area contributed by atoms with Crippen LogP contribution in [0.3, 0.4) is 0 Å². The number of fused-ring (bicyclic) bond motifs is 1. The fraction of sp³-hybridized carbons (Fsp3) is 0.467. The number of aliphatic hydroxyl groups excluding tert-OH is 1. The van der Waals surface area contributed by atoms with Crippen LogP contribution in [-0.4, -0.2) is 47.8 Å². The van der Waals surface area contributed by atoms with Crippen molar-refractivity contribution in [3.05, 3.63) is 29.7 Å². The number of hydrogen-bond acceptors (Lipinski definition) is 6. The van der Waals surface area contributed by atoms with Gasteiger partial charge >= 0.3 is 0 Å². The van der Waals surface area contributed by atoms with Crippen molar-refractivity contribution in [2.75, 3.05) is 20.3 Å². The minimum Gasteiger partial charge on any atom is -0.481 e. The fourth-order valence-corrected chi connectivity index (χ4v) is 2.42. The minimum absolute atomic E-state index is 0.0235. The van der Waals surface area contributed by atoms with Gasteiger partial charge in [-0.25, -0.2) is 9.37 Å². The Morgan fingerprint density at radius 2 is 2.18 bits per heavy atom. The van der Waals surface area contributed by atoms with E-state index in [1.165, 1.54) is 7.11 Å². The molecule has 2 aromatic heterocycles. The van der Waals surface area contributed by atoms with Gasteiger partial charge in [0, 0.05) is 18.1 Å². The molecule has 22 heavy (non-hydrogen) atoms. The zero-order valence-corrected chi connectivity index (χ0v) is 12.2. The average molecular weight is 308 g/mol. The standard InChI is InChI=1S/C15H17FN2O4/c1-20-13-4-3-11-14(18-13)9(10(16)8-17-11)7-12(19)15-21-5-2-6-22-15/h3-4,8,12,15,19H,2,5-7H2,1H3. The van der Waals surface area contributed by atoms with Crippen molar-refractivity contribution in [2.45, 2.75) is 25.2 Å². The monoisotopic (exact) mass is 308 g/mol. The van der Waals surface area contributed by atoms with Crippen LogP contribution in [0.4, 0.5) is 4.39 Å². The Hall–Kier alpha value is -1.83. The highest BCUT2D eigenvalue weighted by atomic mass is 19.1. The van der Waals surface area contributed by atoms with Crippen LogP contribution in [0, 0.1) is 5.82 Å². The summed E-state index contributed by atoms with van der Waals surface area (Å²) in [5.74, 6) is -0.163. The molecule has 0 radical (unpaired) electrons. The third-order valence-corrected chi connectivity index (χ3v) is 3.53. The Morgan fingerprint density at radius 1 is 1.41 bits per heavy atom. The number of hydrogen-bond donors (Lipinski definition) is 1. The van der Waals surface area contributed by atoms with E-state index in [-0.39, 0.29) is 12.0 Å². The molecule has 1 atom stereocenters. The topological polar surface area (TPSA) is 73.7 Å². The van der Waals surface area contributed by atoms with E-state index in [1.807, 2.05) is 0 Å². The highest BCUT2D eigenvalue weighted by Crippen LogP contribution is 2.23. The normalized spacial score (nSPS) is 17.6. The molecule has 1 unspecified atom stereocenters. The molecule has 0 amide bonds. The molecule has 1 aliphatic rings. The highest BCUT2D eigenvalue weighted by molar-refractivity contribution is 5.78. The van der Waals surface area contributed by atoms with Gasteiger partial charge < -0.3 is 19.3 Å². The van der Waals surface area contributed by atoms with Crippen LogP contribution in [0.5, 0.6) is 5.88 Å². The first-order chi connectivity index (χ1) is 10.7. The third-order valence-electron chi connectivity index (χ3n) is 3.53. The molecule has 1 aliphatic heterocycles. The van der Waals surface area contributed by atoms with E-state index in [1.54, 1.807) is 12.1 Å². The Kier molecular flexibility index (Phi) is 4.47. The maximum Gasteiger partial charge on any atom is 0.213 e. The Labute approximate surface area is 126 Å². The molecule has 7 heteroatoms. The van der Waals surface area contributed by atoms with Gasteiger partial charge in [-0.05, 0) is 12.5 Å². The summed E-state index contributed by atoms with van der Waals surface area (Å²) in [5, 5.41) is 10.2. The molecule has 1 N–H and O–H groups in total. The molecular formula is C15H17FN2O4. The smallest absolute Gasteiger partial charge is 0.213 e. The van der Waals surface area contributed by atoms with Crippen molar-refractivity contribution in [1.29, 1.82) is 0 Å². The molecule has 0 aliphatic carbocycles. The molecule has 1 fully saturated rings. The number of halogens is 1. The lowest BCUT2D eigenvalue weighted by atomic mass is 10.1. The van der Waals surface area contributed by atoms with Crippen LogP contribution >= 0.6 is 0 Å². The van der Waals surface area contributed by atoms with Crippen LogP contribution in [0.2, 0.25) is 0 Å². The van der Waals surface area contributed by atoms with E-state index < -0.39 is 18.2 Å². The molecule has 0 aromatic carbocycles. The Bertz CT molecular complexity index is 661. The molecule has 3 heterocycles. The molecule has 1 saturated heterocycles. The summed E-state index contributed by atoms with van der Waals surface area (Å²) in [4.78, 5) is 8.23. The molecule has 3 rings (SSSR count). The van der Waals surface area contributed by atoms with E-state index in [9.17, 15) is 9.50 Å². The number of pyridine rings is 2. The van der Waals surface area contributed by atoms with E-state index in [0.29, 0.717) is 30.1 Å². The number of aromatic nitrogens is 2.